The summed E-state index contributed by atoms with van der Waals surface area (Å²) in [4.78, 5) is 26.0. The minimum atomic E-state index is -3.19. The molecule has 0 spiro atoms. The van der Waals surface area contributed by atoms with Gasteiger partial charge in [-0.05, 0) is 30.7 Å². The third kappa shape index (κ3) is 4.13. The highest BCUT2D eigenvalue weighted by Gasteiger charge is 2.58. The summed E-state index contributed by atoms with van der Waals surface area (Å²) in [5.74, 6) is -5.57. The Morgan fingerprint density at radius 3 is 2.41 bits per heavy atom. The zero-order chi connectivity index (χ0) is 21.2. The molecule has 2 amide bonds. The monoisotopic (exact) mass is 413 g/mol. The Labute approximate surface area is 167 Å². The van der Waals surface area contributed by atoms with E-state index >= 15 is 0 Å². The van der Waals surface area contributed by atoms with Crippen LogP contribution in [0.15, 0.2) is 24.3 Å². The van der Waals surface area contributed by atoms with Crippen molar-refractivity contribution in [2.75, 3.05) is 43.7 Å². The van der Waals surface area contributed by atoms with Crippen molar-refractivity contribution in [1.82, 2.24) is 0 Å². The lowest BCUT2D eigenvalue weighted by Crippen LogP contribution is -2.62. The van der Waals surface area contributed by atoms with Crippen molar-refractivity contribution in [3.05, 3.63) is 24.3 Å². The highest BCUT2D eigenvalue weighted by atomic mass is 19.3. The van der Waals surface area contributed by atoms with Gasteiger partial charge in [0.1, 0.15) is 6.10 Å². The van der Waals surface area contributed by atoms with Gasteiger partial charge < -0.3 is 24.8 Å². The maximum absolute atomic E-state index is 14.6. The molecule has 29 heavy (non-hydrogen) atoms. The molecule has 1 atom stereocenters. The number of benzene rings is 1. The maximum Gasteiger partial charge on any atom is 0.414 e. The quantitative estimate of drug-likeness (QED) is 0.688. The van der Waals surface area contributed by atoms with Crippen LogP contribution in [-0.2, 0) is 19.0 Å². The largest absolute Gasteiger partial charge is 0.444 e. The molecule has 8 nitrogen and oxygen atoms in total. The third-order valence-corrected chi connectivity index (χ3v) is 5.43. The Bertz CT molecular complexity index is 755. The lowest BCUT2D eigenvalue weighted by Gasteiger charge is -2.45. The summed E-state index contributed by atoms with van der Waals surface area (Å²) < 4.78 is 44.4. The van der Waals surface area contributed by atoms with Gasteiger partial charge in [-0.15, -0.1) is 0 Å². The van der Waals surface area contributed by atoms with Crippen LogP contribution in [0.25, 0.3) is 0 Å². The summed E-state index contributed by atoms with van der Waals surface area (Å²) in [5, 5.41) is 0. The predicted octanol–water partition coefficient (Wildman–Crippen LogP) is 2.11. The van der Waals surface area contributed by atoms with Crippen LogP contribution in [0, 0.1) is 0 Å². The van der Waals surface area contributed by atoms with Crippen molar-refractivity contribution in [2.45, 2.75) is 37.1 Å². The Balaban J connectivity index is 1.67. The van der Waals surface area contributed by atoms with E-state index in [4.69, 9.17) is 19.9 Å². The molecule has 1 aromatic rings. The van der Waals surface area contributed by atoms with E-state index in [2.05, 4.69) is 0 Å². The molecule has 1 aromatic carbocycles. The van der Waals surface area contributed by atoms with Gasteiger partial charge in [0.05, 0.1) is 13.1 Å². The van der Waals surface area contributed by atoms with Crippen LogP contribution in [0.3, 0.4) is 0 Å². The lowest BCUT2D eigenvalue weighted by atomic mass is 9.98. The van der Waals surface area contributed by atoms with E-state index in [1.165, 1.54) is 19.1 Å². The van der Waals surface area contributed by atoms with Crippen molar-refractivity contribution >= 4 is 23.4 Å². The average molecular weight is 413 g/mol. The number of anilines is 2. The second-order valence-electron chi connectivity index (χ2n) is 7.17. The lowest BCUT2D eigenvalue weighted by molar-refractivity contribution is -0.324. The van der Waals surface area contributed by atoms with E-state index in [-0.39, 0.29) is 12.8 Å². The number of alkyl halides is 2. The summed E-state index contributed by atoms with van der Waals surface area (Å²) in [6, 6.07) is 6.73. The Hall–Kier alpha value is -2.46. The minimum Gasteiger partial charge on any atom is -0.444 e. The molecule has 3 rings (SSSR count). The number of halogens is 2. The van der Waals surface area contributed by atoms with Gasteiger partial charge in [0, 0.05) is 45.0 Å². The average Bonchev–Trinajstić information content (AvgIpc) is 3.07. The van der Waals surface area contributed by atoms with Gasteiger partial charge >= 0.3 is 12.0 Å². The van der Waals surface area contributed by atoms with Crippen molar-refractivity contribution in [1.29, 1.82) is 0 Å². The Morgan fingerprint density at radius 2 is 1.86 bits per heavy atom. The molecule has 0 aromatic heterocycles. The van der Waals surface area contributed by atoms with Crippen LogP contribution in [-0.4, -0.2) is 63.7 Å². The number of methoxy groups -OCH3 is 2. The van der Waals surface area contributed by atoms with Crippen LogP contribution < -0.4 is 15.5 Å². The smallest absolute Gasteiger partial charge is 0.414 e. The fourth-order valence-corrected chi connectivity index (χ4v) is 3.74. The second kappa shape index (κ2) is 8.11. The van der Waals surface area contributed by atoms with Gasteiger partial charge in [-0.1, -0.05) is 0 Å². The van der Waals surface area contributed by atoms with Crippen molar-refractivity contribution in [3.8, 4) is 0 Å². The summed E-state index contributed by atoms with van der Waals surface area (Å²) in [6.07, 6.45) is -0.417. The first-order valence-corrected chi connectivity index (χ1v) is 9.31. The van der Waals surface area contributed by atoms with Gasteiger partial charge in [0.2, 0.25) is 11.7 Å². The fraction of sp³-hybridized carbons (Fsp3) is 0.579. The summed E-state index contributed by atoms with van der Waals surface area (Å²) in [7, 11) is 2.43. The normalized spacial score (nSPS) is 23.2. The number of nitrogens with two attached hydrogens (primary N) is 1. The fourth-order valence-electron chi connectivity index (χ4n) is 3.74. The SMILES string of the molecule is COC1(OC)CCN(c2ccc(N3C[C@H](CCC(N)=O)OC3=O)cc2)CC1(F)F. The number of cyclic esters (lactones) is 1. The molecule has 0 saturated carbocycles. The first-order valence-electron chi connectivity index (χ1n) is 9.31. The zero-order valence-electron chi connectivity index (χ0n) is 16.4. The van der Waals surface area contributed by atoms with Crippen molar-refractivity contribution in [2.24, 2.45) is 5.73 Å². The molecule has 2 heterocycles. The zero-order valence-corrected chi connectivity index (χ0v) is 16.4. The number of nitrogens with zero attached hydrogens (tertiary/aromatic N) is 2. The van der Waals surface area contributed by atoms with Crippen LogP contribution in [0.2, 0.25) is 0 Å². The standard InChI is InChI=1S/C19H25F2N3O5/c1-27-19(28-2)9-10-23(12-18(19,20)21)13-3-5-14(6-4-13)24-11-15(29-17(24)26)7-8-16(22)25/h3-6,15H,7-12H2,1-2H3,(H2,22,25)/t15-/m0/s1. The summed E-state index contributed by atoms with van der Waals surface area (Å²) >= 11 is 0. The molecule has 0 unspecified atom stereocenters. The second-order valence-corrected chi connectivity index (χ2v) is 7.17. The van der Waals surface area contributed by atoms with Crippen molar-refractivity contribution < 1.29 is 32.6 Å². The molecule has 0 bridgehead atoms. The molecule has 2 fully saturated rings. The van der Waals surface area contributed by atoms with E-state index in [9.17, 15) is 18.4 Å². The van der Waals surface area contributed by atoms with Crippen LogP contribution in [0.4, 0.5) is 25.0 Å². The maximum atomic E-state index is 14.6. The molecule has 0 radical (unpaired) electrons. The highest BCUT2D eigenvalue weighted by molar-refractivity contribution is 5.90. The Kier molecular flexibility index (Phi) is 5.95. The number of hydrogen-bond donors (Lipinski definition) is 1. The molecule has 10 heteroatoms. The predicted molar refractivity (Wildman–Crippen MR) is 101 cm³/mol. The number of primary amides is 1. The topological polar surface area (TPSA) is 94.3 Å². The van der Waals surface area contributed by atoms with Crippen LogP contribution in [0.1, 0.15) is 19.3 Å². The van der Waals surface area contributed by atoms with E-state index < -0.39 is 36.4 Å². The van der Waals surface area contributed by atoms with Gasteiger partial charge in [-0.3, -0.25) is 9.69 Å². The van der Waals surface area contributed by atoms with Crippen LogP contribution >= 0.6 is 0 Å². The van der Waals surface area contributed by atoms with E-state index in [0.29, 0.717) is 30.9 Å². The van der Waals surface area contributed by atoms with E-state index in [1.54, 1.807) is 29.2 Å². The number of rotatable bonds is 7. The van der Waals surface area contributed by atoms with Gasteiger partial charge in [0.25, 0.3) is 0 Å². The number of ether oxygens (including phenoxy) is 3. The molecule has 2 N–H and O–H groups in total. The molecule has 0 aliphatic carbocycles. The first-order chi connectivity index (χ1) is 13.7. The van der Waals surface area contributed by atoms with Gasteiger partial charge in [-0.2, -0.15) is 8.78 Å². The highest BCUT2D eigenvalue weighted by Crippen LogP contribution is 2.41. The number of carbonyl (C=O) groups excluding carboxylic acids is 2. The molecular weight excluding hydrogens is 388 g/mol. The van der Waals surface area contributed by atoms with Gasteiger partial charge in [0.15, 0.2) is 0 Å². The summed E-state index contributed by atoms with van der Waals surface area (Å²) in [5.41, 5.74) is 6.32. The number of hydrogen-bond acceptors (Lipinski definition) is 6. The molecular formula is C19H25F2N3O5. The minimum absolute atomic E-state index is 0.00868. The summed E-state index contributed by atoms with van der Waals surface area (Å²) in [6.45, 7) is 0.0873. The molecule has 160 valence electrons. The number of piperidine rings is 1. The molecule has 2 saturated heterocycles. The third-order valence-electron chi connectivity index (χ3n) is 5.43. The number of carbonyl (C=O) groups is 2. The van der Waals surface area contributed by atoms with E-state index in [1.807, 2.05) is 0 Å². The molecule has 2 aliphatic rings. The number of amides is 2. The molecule has 2 aliphatic heterocycles. The Morgan fingerprint density at radius 1 is 1.24 bits per heavy atom. The van der Waals surface area contributed by atoms with Gasteiger partial charge in [-0.25, -0.2) is 4.79 Å². The first kappa shape index (κ1) is 21.3. The van der Waals surface area contributed by atoms with Crippen LogP contribution in [0.5, 0.6) is 0 Å². The van der Waals surface area contributed by atoms with E-state index in [0.717, 1.165) is 0 Å². The van der Waals surface area contributed by atoms with Crippen molar-refractivity contribution in [3.63, 3.8) is 0 Å².